The number of primary amides is 1. The lowest BCUT2D eigenvalue weighted by molar-refractivity contribution is -0.118. The van der Waals surface area contributed by atoms with Gasteiger partial charge in [0.15, 0.2) is 0 Å². The molecule has 132 valence electrons. The maximum atomic E-state index is 10.6. The van der Waals surface area contributed by atoms with E-state index in [9.17, 15) is 4.79 Å². The summed E-state index contributed by atoms with van der Waals surface area (Å²) in [6.45, 7) is 4.65. The van der Waals surface area contributed by atoms with Gasteiger partial charge in [-0.15, -0.1) is 0 Å². The molecule has 0 heterocycles. The summed E-state index contributed by atoms with van der Waals surface area (Å²) in [5.41, 5.74) is 5.12. The molecule has 0 aliphatic heterocycles. The lowest BCUT2D eigenvalue weighted by atomic mass is 9.95. The van der Waals surface area contributed by atoms with Crippen molar-refractivity contribution >= 4 is 5.91 Å². The first-order valence-corrected chi connectivity index (χ1v) is 9.99. The first-order chi connectivity index (χ1) is 10.7. The Morgan fingerprint density at radius 3 is 1.41 bits per heavy atom. The number of carbonyl (C=O) groups is 1. The maximum absolute atomic E-state index is 10.6. The Balaban J connectivity index is 3.07. The van der Waals surface area contributed by atoms with Crippen LogP contribution in [0.4, 0.5) is 0 Å². The van der Waals surface area contributed by atoms with E-state index in [4.69, 9.17) is 5.73 Å². The molecule has 1 amide bonds. The summed E-state index contributed by atoms with van der Waals surface area (Å²) in [5, 5.41) is 0. The van der Waals surface area contributed by atoms with Crippen LogP contribution in [0.1, 0.15) is 117 Å². The quantitative estimate of drug-likeness (QED) is 0.312. The minimum atomic E-state index is -0.153. The standard InChI is InChI=1S/C20H41NO/c1-3-19(4-2)17-15-13-11-9-7-5-6-8-10-12-14-16-18-20(21)22/h19H,3-18H2,1-2H3,(H2,21,22). The molecule has 0 aromatic heterocycles. The zero-order valence-electron chi connectivity index (χ0n) is 15.4. The minimum absolute atomic E-state index is 0.153. The molecule has 0 bridgehead atoms. The molecule has 0 unspecified atom stereocenters. The highest BCUT2D eigenvalue weighted by Crippen LogP contribution is 2.18. The van der Waals surface area contributed by atoms with E-state index in [2.05, 4.69) is 13.8 Å². The highest BCUT2D eigenvalue weighted by Gasteiger charge is 2.02. The Labute approximate surface area is 139 Å². The summed E-state index contributed by atoms with van der Waals surface area (Å²) >= 11 is 0. The third-order valence-electron chi connectivity index (χ3n) is 4.94. The largest absolute Gasteiger partial charge is 0.370 e. The number of amides is 1. The van der Waals surface area contributed by atoms with Gasteiger partial charge in [0.05, 0.1) is 0 Å². The average Bonchev–Trinajstić information content (AvgIpc) is 2.51. The second-order valence-electron chi connectivity index (χ2n) is 6.93. The monoisotopic (exact) mass is 311 g/mol. The van der Waals surface area contributed by atoms with E-state index >= 15 is 0 Å². The van der Waals surface area contributed by atoms with Gasteiger partial charge in [-0.3, -0.25) is 4.79 Å². The van der Waals surface area contributed by atoms with Crippen molar-refractivity contribution in [3.05, 3.63) is 0 Å². The molecule has 0 aromatic carbocycles. The number of nitrogens with two attached hydrogens (primary N) is 1. The first kappa shape index (κ1) is 21.5. The predicted molar refractivity (Wildman–Crippen MR) is 97.9 cm³/mol. The topological polar surface area (TPSA) is 43.1 Å². The SMILES string of the molecule is CCC(CC)CCCCCCCCCCCCCCC(N)=O. The molecule has 0 aliphatic carbocycles. The fourth-order valence-corrected chi connectivity index (χ4v) is 3.20. The fourth-order valence-electron chi connectivity index (χ4n) is 3.20. The van der Waals surface area contributed by atoms with Crippen molar-refractivity contribution in [2.45, 2.75) is 117 Å². The molecular formula is C20H41NO. The van der Waals surface area contributed by atoms with Crippen LogP contribution in [-0.2, 0) is 4.79 Å². The minimum Gasteiger partial charge on any atom is -0.370 e. The molecular weight excluding hydrogens is 270 g/mol. The van der Waals surface area contributed by atoms with Crippen LogP contribution in [0.2, 0.25) is 0 Å². The van der Waals surface area contributed by atoms with Crippen molar-refractivity contribution in [1.82, 2.24) is 0 Å². The summed E-state index contributed by atoms with van der Waals surface area (Å²) < 4.78 is 0. The molecule has 0 fully saturated rings. The molecule has 0 rings (SSSR count). The molecule has 22 heavy (non-hydrogen) atoms. The molecule has 2 nitrogen and oxygen atoms in total. The van der Waals surface area contributed by atoms with Crippen molar-refractivity contribution in [2.24, 2.45) is 11.7 Å². The molecule has 0 spiro atoms. The van der Waals surface area contributed by atoms with Gasteiger partial charge in [0.1, 0.15) is 0 Å². The maximum Gasteiger partial charge on any atom is 0.217 e. The molecule has 0 saturated carbocycles. The van der Waals surface area contributed by atoms with Gasteiger partial charge in [-0.05, 0) is 12.3 Å². The van der Waals surface area contributed by atoms with Gasteiger partial charge in [0.25, 0.3) is 0 Å². The Hall–Kier alpha value is -0.530. The summed E-state index contributed by atoms with van der Waals surface area (Å²) in [7, 11) is 0. The van der Waals surface area contributed by atoms with Crippen LogP contribution >= 0.6 is 0 Å². The molecule has 0 radical (unpaired) electrons. The lowest BCUT2D eigenvalue weighted by Crippen LogP contribution is -2.09. The fraction of sp³-hybridized carbons (Fsp3) is 0.950. The smallest absolute Gasteiger partial charge is 0.217 e. The number of carbonyl (C=O) groups excluding carboxylic acids is 1. The van der Waals surface area contributed by atoms with Crippen molar-refractivity contribution in [2.75, 3.05) is 0 Å². The number of rotatable bonds is 17. The summed E-state index contributed by atoms with van der Waals surface area (Å²) in [6, 6.07) is 0. The Kier molecular flexibility index (Phi) is 16.4. The van der Waals surface area contributed by atoms with Gasteiger partial charge in [-0.25, -0.2) is 0 Å². The lowest BCUT2D eigenvalue weighted by Gasteiger charge is -2.11. The average molecular weight is 312 g/mol. The van der Waals surface area contributed by atoms with Crippen molar-refractivity contribution in [1.29, 1.82) is 0 Å². The van der Waals surface area contributed by atoms with Crippen LogP contribution in [0.15, 0.2) is 0 Å². The Morgan fingerprint density at radius 2 is 1.05 bits per heavy atom. The van der Waals surface area contributed by atoms with Gasteiger partial charge in [0.2, 0.25) is 5.91 Å². The highest BCUT2D eigenvalue weighted by molar-refractivity contribution is 5.73. The number of unbranched alkanes of at least 4 members (excludes halogenated alkanes) is 11. The van der Waals surface area contributed by atoms with Gasteiger partial charge < -0.3 is 5.73 Å². The second-order valence-corrected chi connectivity index (χ2v) is 6.93. The number of hydrogen-bond acceptors (Lipinski definition) is 1. The molecule has 2 N–H and O–H groups in total. The highest BCUT2D eigenvalue weighted by atomic mass is 16.1. The predicted octanol–water partition coefficient (Wildman–Crippen LogP) is 6.37. The van der Waals surface area contributed by atoms with Crippen LogP contribution in [0.3, 0.4) is 0 Å². The van der Waals surface area contributed by atoms with E-state index in [1.54, 1.807) is 0 Å². The van der Waals surface area contributed by atoms with E-state index in [0.29, 0.717) is 6.42 Å². The second kappa shape index (κ2) is 16.8. The Bertz CT molecular complexity index is 236. The third kappa shape index (κ3) is 15.9. The number of hydrogen-bond donors (Lipinski definition) is 1. The molecule has 0 saturated heterocycles. The van der Waals surface area contributed by atoms with Gasteiger partial charge in [0, 0.05) is 6.42 Å². The normalized spacial score (nSPS) is 11.2. The molecule has 0 aliphatic rings. The van der Waals surface area contributed by atoms with Gasteiger partial charge in [-0.1, -0.05) is 104 Å². The van der Waals surface area contributed by atoms with Crippen LogP contribution in [0.5, 0.6) is 0 Å². The zero-order chi connectivity index (χ0) is 16.5. The van der Waals surface area contributed by atoms with E-state index in [1.807, 2.05) is 0 Å². The van der Waals surface area contributed by atoms with E-state index < -0.39 is 0 Å². The van der Waals surface area contributed by atoms with Gasteiger partial charge >= 0.3 is 0 Å². The molecule has 0 aromatic rings. The third-order valence-corrected chi connectivity index (χ3v) is 4.94. The van der Waals surface area contributed by atoms with Gasteiger partial charge in [-0.2, -0.15) is 0 Å². The van der Waals surface area contributed by atoms with Crippen molar-refractivity contribution < 1.29 is 4.79 Å². The van der Waals surface area contributed by atoms with E-state index in [1.165, 1.54) is 89.9 Å². The van der Waals surface area contributed by atoms with Crippen LogP contribution < -0.4 is 5.73 Å². The Morgan fingerprint density at radius 1 is 0.682 bits per heavy atom. The summed E-state index contributed by atoms with van der Waals surface area (Å²) in [6.07, 6.45) is 20.8. The first-order valence-electron chi connectivity index (χ1n) is 9.99. The summed E-state index contributed by atoms with van der Waals surface area (Å²) in [4.78, 5) is 10.6. The van der Waals surface area contributed by atoms with E-state index in [0.717, 1.165) is 12.3 Å². The van der Waals surface area contributed by atoms with E-state index in [-0.39, 0.29) is 5.91 Å². The summed E-state index contributed by atoms with van der Waals surface area (Å²) in [5.74, 6) is 0.822. The molecule has 2 heteroatoms. The van der Waals surface area contributed by atoms with Crippen molar-refractivity contribution in [3.8, 4) is 0 Å². The van der Waals surface area contributed by atoms with Crippen molar-refractivity contribution in [3.63, 3.8) is 0 Å². The van der Waals surface area contributed by atoms with Crippen LogP contribution in [-0.4, -0.2) is 5.91 Å². The van der Waals surface area contributed by atoms with Crippen LogP contribution in [0.25, 0.3) is 0 Å². The van der Waals surface area contributed by atoms with Crippen LogP contribution in [0, 0.1) is 5.92 Å². The zero-order valence-corrected chi connectivity index (χ0v) is 15.4. The molecule has 0 atom stereocenters.